The van der Waals surface area contributed by atoms with Crippen LogP contribution in [-0.4, -0.2) is 29.4 Å². The highest BCUT2D eigenvalue weighted by Crippen LogP contribution is 2.20. The van der Waals surface area contributed by atoms with Gasteiger partial charge in [0, 0.05) is 0 Å². The minimum absolute atomic E-state index is 0.363. The summed E-state index contributed by atoms with van der Waals surface area (Å²) in [5, 5.41) is 9.26. The van der Waals surface area contributed by atoms with Gasteiger partial charge in [0.2, 0.25) is 0 Å². The normalized spacial score (nSPS) is 14.3. The van der Waals surface area contributed by atoms with Gasteiger partial charge in [-0.3, -0.25) is 4.55 Å². The van der Waals surface area contributed by atoms with Crippen molar-refractivity contribution in [3.63, 3.8) is 0 Å². The molecule has 2 unspecified atom stereocenters. The first kappa shape index (κ1) is 27.9. The summed E-state index contributed by atoms with van der Waals surface area (Å²) in [6, 6.07) is 0. The molecule has 2 atom stereocenters. The molecule has 2 N–H and O–H groups in total. The van der Waals surface area contributed by atoms with E-state index < -0.39 is 21.5 Å². The summed E-state index contributed by atoms with van der Waals surface area (Å²) in [6.45, 7) is 4.38. The van der Waals surface area contributed by atoms with Gasteiger partial charge in [-0.2, -0.15) is 8.42 Å². The van der Waals surface area contributed by atoms with Crippen molar-refractivity contribution in [3.05, 3.63) is 0 Å². The Morgan fingerprint density at radius 3 is 1.25 bits per heavy atom. The van der Waals surface area contributed by atoms with Crippen LogP contribution >= 0.6 is 0 Å². The predicted octanol–water partition coefficient (Wildman–Crippen LogP) is 7.06. The van der Waals surface area contributed by atoms with Crippen molar-refractivity contribution in [1.82, 2.24) is 0 Å². The molecule has 0 heterocycles. The summed E-state index contributed by atoms with van der Waals surface area (Å²) in [6.07, 6.45) is 19.9. The topological polar surface area (TPSA) is 74.6 Å². The monoisotopic (exact) mass is 420 g/mol. The lowest BCUT2D eigenvalue weighted by atomic mass is 10.0. The van der Waals surface area contributed by atoms with Crippen molar-refractivity contribution in [2.75, 3.05) is 0 Å². The third-order valence-electron chi connectivity index (χ3n) is 5.76. The second kappa shape index (κ2) is 18.9. The van der Waals surface area contributed by atoms with E-state index in [1.807, 2.05) is 0 Å². The van der Waals surface area contributed by atoms with E-state index in [2.05, 4.69) is 13.8 Å². The second-order valence-electron chi connectivity index (χ2n) is 8.50. The van der Waals surface area contributed by atoms with Crippen LogP contribution in [0.2, 0.25) is 0 Å². The fraction of sp³-hybridized carbons (Fsp3) is 1.00. The van der Waals surface area contributed by atoms with E-state index in [0.29, 0.717) is 12.8 Å². The molecule has 0 aromatic rings. The molecule has 0 saturated heterocycles. The highest BCUT2D eigenvalue weighted by molar-refractivity contribution is 7.86. The molecule has 0 fully saturated rings. The molecule has 0 aromatic carbocycles. The minimum Gasteiger partial charge on any atom is -0.392 e. The Morgan fingerprint density at radius 1 is 0.571 bits per heavy atom. The highest BCUT2D eigenvalue weighted by Gasteiger charge is 2.29. The quantitative estimate of drug-likeness (QED) is 0.154. The fourth-order valence-electron chi connectivity index (χ4n) is 3.87. The molecule has 28 heavy (non-hydrogen) atoms. The number of hydrogen-bond donors (Lipinski definition) is 2. The van der Waals surface area contributed by atoms with Gasteiger partial charge in [0.05, 0.1) is 6.10 Å². The molecule has 0 aliphatic rings. The van der Waals surface area contributed by atoms with Crippen LogP contribution in [0.15, 0.2) is 0 Å². The summed E-state index contributed by atoms with van der Waals surface area (Å²) >= 11 is 0. The standard InChI is InChI=1S/C23H48O4S/c1-3-5-7-9-10-11-12-13-14-15-17-18-20-22(24)23(28(25,26)27)21-19-16-8-6-4-2/h22-24H,3-21H2,1-2H3,(H,25,26,27). The molecule has 4 nitrogen and oxygen atoms in total. The first-order chi connectivity index (χ1) is 13.4. The molecule has 0 saturated carbocycles. The van der Waals surface area contributed by atoms with Crippen molar-refractivity contribution < 1.29 is 18.1 Å². The highest BCUT2D eigenvalue weighted by atomic mass is 32.2. The van der Waals surface area contributed by atoms with E-state index in [0.717, 1.165) is 51.4 Å². The zero-order valence-electron chi connectivity index (χ0n) is 18.7. The number of hydrogen-bond acceptors (Lipinski definition) is 3. The van der Waals surface area contributed by atoms with Crippen LogP contribution in [0.1, 0.15) is 136 Å². The van der Waals surface area contributed by atoms with Crippen LogP contribution in [0.25, 0.3) is 0 Å². The second-order valence-corrected chi connectivity index (χ2v) is 10.1. The Kier molecular flexibility index (Phi) is 18.8. The minimum atomic E-state index is -4.17. The zero-order valence-corrected chi connectivity index (χ0v) is 19.5. The summed E-state index contributed by atoms with van der Waals surface area (Å²) in [4.78, 5) is 0. The third-order valence-corrected chi connectivity index (χ3v) is 7.07. The van der Waals surface area contributed by atoms with Gasteiger partial charge in [-0.25, -0.2) is 0 Å². The van der Waals surface area contributed by atoms with Gasteiger partial charge in [-0.05, 0) is 12.8 Å². The van der Waals surface area contributed by atoms with Gasteiger partial charge in [0.25, 0.3) is 10.1 Å². The average molecular weight is 421 g/mol. The largest absolute Gasteiger partial charge is 0.392 e. The molecule has 170 valence electrons. The van der Waals surface area contributed by atoms with Crippen molar-refractivity contribution in [2.24, 2.45) is 0 Å². The predicted molar refractivity (Wildman–Crippen MR) is 120 cm³/mol. The molecule has 0 spiro atoms. The van der Waals surface area contributed by atoms with Crippen molar-refractivity contribution in [2.45, 2.75) is 147 Å². The maximum absolute atomic E-state index is 11.6. The van der Waals surface area contributed by atoms with Gasteiger partial charge in [0.15, 0.2) is 0 Å². The van der Waals surface area contributed by atoms with Crippen LogP contribution in [0.4, 0.5) is 0 Å². The van der Waals surface area contributed by atoms with Crippen LogP contribution in [0.3, 0.4) is 0 Å². The molecular formula is C23H48O4S. The molecule has 0 bridgehead atoms. The SMILES string of the molecule is CCCCCCCCCCCCCCC(O)C(CCCCCCC)S(=O)(=O)O. The maximum atomic E-state index is 11.6. The summed E-state index contributed by atoms with van der Waals surface area (Å²) in [5.74, 6) is 0. The van der Waals surface area contributed by atoms with Crippen LogP contribution in [-0.2, 0) is 10.1 Å². The summed E-state index contributed by atoms with van der Waals surface area (Å²) < 4.78 is 32.7. The molecule has 0 aromatic heterocycles. The Morgan fingerprint density at radius 2 is 0.893 bits per heavy atom. The van der Waals surface area contributed by atoms with Crippen LogP contribution in [0.5, 0.6) is 0 Å². The lowest BCUT2D eigenvalue weighted by Gasteiger charge is -2.20. The van der Waals surface area contributed by atoms with E-state index in [9.17, 15) is 18.1 Å². The van der Waals surface area contributed by atoms with Gasteiger partial charge in [0.1, 0.15) is 5.25 Å². The molecule has 0 aliphatic heterocycles. The molecule has 0 amide bonds. The molecular weight excluding hydrogens is 372 g/mol. The lowest BCUT2D eigenvalue weighted by Crippen LogP contribution is -2.33. The number of aliphatic hydroxyl groups is 1. The fourth-order valence-corrected chi connectivity index (χ4v) is 4.87. The molecule has 0 radical (unpaired) electrons. The maximum Gasteiger partial charge on any atom is 0.270 e. The number of unbranched alkanes of at least 4 members (excludes halogenated alkanes) is 15. The summed E-state index contributed by atoms with van der Waals surface area (Å²) in [5.41, 5.74) is 0. The Labute approximate surface area is 175 Å². The summed E-state index contributed by atoms with van der Waals surface area (Å²) in [7, 11) is -4.17. The first-order valence-corrected chi connectivity index (χ1v) is 13.6. The van der Waals surface area contributed by atoms with E-state index in [1.165, 1.54) is 57.8 Å². The smallest absolute Gasteiger partial charge is 0.270 e. The Balaban J connectivity index is 3.75. The van der Waals surface area contributed by atoms with Crippen molar-refractivity contribution >= 4 is 10.1 Å². The van der Waals surface area contributed by atoms with Crippen molar-refractivity contribution in [1.29, 1.82) is 0 Å². The van der Waals surface area contributed by atoms with E-state index in [-0.39, 0.29) is 0 Å². The number of aliphatic hydroxyl groups excluding tert-OH is 1. The Hall–Kier alpha value is -0.130. The molecule has 0 aliphatic carbocycles. The van der Waals surface area contributed by atoms with Gasteiger partial charge >= 0.3 is 0 Å². The van der Waals surface area contributed by atoms with E-state index >= 15 is 0 Å². The number of rotatable bonds is 21. The van der Waals surface area contributed by atoms with Gasteiger partial charge in [-0.1, -0.05) is 123 Å². The molecule has 0 rings (SSSR count). The first-order valence-electron chi connectivity index (χ1n) is 12.1. The zero-order chi connectivity index (χ0) is 21.1. The lowest BCUT2D eigenvalue weighted by molar-refractivity contribution is 0.146. The Bertz CT molecular complexity index is 422. The average Bonchev–Trinajstić information content (AvgIpc) is 2.64. The molecule has 5 heteroatoms. The van der Waals surface area contributed by atoms with Crippen molar-refractivity contribution in [3.8, 4) is 0 Å². The van der Waals surface area contributed by atoms with Gasteiger partial charge in [-0.15, -0.1) is 0 Å². The van der Waals surface area contributed by atoms with Crippen LogP contribution in [0, 0.1) is 0 Å². The van der Waals surface area contributed by atoms with E-state index in [4.69, 9.17) is 0 Å². The third kappa shape index (κ3) is 16.8. The van der Waals surface area contributed by atoms with Gasteiger partial charge < -0.3 is 5.11 Å². The van der Waals surface area contributed by atoms with E-state index in [1.54, 1.807) is 0 Å². The van der Waals surface area contributed by atoms with Crippen LogP contribution < -0.4 is 0 Å².